The van der Waals surface area contributed by atoms with Crippen molar-refractivity contribution in [2.24, 2.45) is 0 Å². The fourth-order valence-electron chi connectivity index (χ4n) is 3.66. The number of anilines is 1. The Morgan fingerprint density at radius 1 is 0.923 bits per heavy atom. The van der Waals surface area contributed by atoms with Crippen LogP contribution in [0.5, 0.6) is 0 Å². The van der Waals surface area contributed by atoms with Gasteiger partial charge >= 0.3 is 0 Å². The van der Waals surface area contributed by atoms with E-state index in [1.807, 2.05) is 41.3 Å². The molecule has 0 unspecified atom stereocenters. The van der Waals surface area contributed by atoms with Crippen LogP contribution >= 0.6 is 0 Å². The summed E-state index contributed by atoms with van der Waals surface area (Å²) in [6.07, 6.45) is 0. The summed E-state index contributed by atoms with van der Waals surface area (Å²) < 4.78 is 0. The minimum atomic E-state index is 0.0241. The molecule has 1 saturated heterocycles. The maximum atomic E-state index is 12.8. The molecule has 0 bridgehead atoms. The van der Waals surface area contributed by atoms with Gasteiger partial charge in [-0.1, -0.05) is 42.0 Å². The molecule has 1 aliphatic heterocycles. The Bertz CT molecular complexity index is 959. The Morgan fingerprint density at radius 3 is 2.46 bits per heavy atom. The Balaban J connectivity index is 1.47. The number of rotatable bonds is 2. The summed E-state index contributed by atoms with van der Waals surface area (Å²) in [5, 5.41) is 1.06. The minimum Gasteiger partial charge on any atom is -0.368 e. The van der Waals surface area contributed by atoms with Crippen LogP contribution in [-0.2, 0) is 0 Å². The van der Waals surface area contributed by atoms with Gasteiger partial charge in [-0.25, -0.2) is 4.98 Å². The molecule has 1 aliphatic rings. The first-order valence-corrected chi connectivity index (χ1v) is 9.09. The molecule has 0 spiro atoms. The quantitative estimate of drug-likeness (QED) is 0.708. The number of fused-ring (bicyclic) bond motifs is 1. The summed E-state index contributed by atoms with van der Waals surface area (Å²) in [6, 6.07) is 18.3. The van der Waals surface area contributed by atoms with Crippen molar-refractivity contribution < 1.29 is 4.79 Å². The molecule has 1 fully saturated rings. The van der Waals surface area contributed by atoms with Crippen molar-refractivity contribution in [2.45, 2.75) is 13.8 Å². The lowest BCUT2D eigenvalue weighted by Gasteiger charge is -2.36. The predicted molar refractivity (Wildman–Crippen MR) is 106 cm³/mol. The van der Waals surface area contributed by atoms with Crippen molar-refractivity contribution in [3.63, 3.8) is 0 Å². The number of carbonyl (C=O) groups is 1. The number of hydrogen-bond donors (Lipinski definition) is 0. The molecule has 4 rings (SSSR count). The van der Waals surface area contributed by atoms with Gasteiger partial charge in [-0.3, -0.25) is 4.79 Å². The number of piperazine rings is 1. The Morgan fingerprint density at radius 2 is 1.69 bits per heavy atom. The lowest BCUT2D eigenvalue weighted by atomic mass is 10.1. The van der Waals surface area contributed by atoms with Crippen LogP contribution in [0.15, 0.2) is 54.6 Å². The van der Waals surface area contributed by atoms with Gasteiger partial charge in [0.2, 0.25) is 0 Å². The number of pyridine rings is 1. The van der Waals surface area contributed by atoms with Crippen LogP contribution < -0.4 is 4.90 Å². The molecule has 1 amide bonds. The van der Waals surface area contributed by atoms with Gasteiger partial charge in [-0.15, -0.1) is 0 Å². The van der Waals surface area contributed by atoms with Crippen LogP contribution in [-0.4, -0.2) is 42.0 Å². The summed E-state index contributed by atoms with van der Waals surface area (Å²) in [5.74, 6) is 0.0241. The fraction of sp³-hybridized carbons (Fsp3) is 0.273. The highest BCUT2D eigenvalue weighted by Gasteiger charge is 2.23. The van der Waals surface area contributed by atoms with E-state index < -0.39 is 0 Å². The lowest BCUT2D eigenvalue weighted by Crippen LogP contribution is -2.49. The van der Waals surface area contributed by atoms with E-state index in [1.165, 1.54) is 16.8 Å². The topological polar surface area (TPSA) is 36.4 Å². The number of aryl methyl sites for hydroxylation is 2. The van der Waals surface area contributed by atoms with Crippen LogP contribution in [0.3, 0.4) is 0 Å². The van der Waals surface area contributed by atoms with Crippen LogP contribution in [0.25, 0.3) is 10.9 Å². The van der Waals surface area contributed by atoms with Gasteiger partial charge in [0.1, 0.15) is 5.69 Å². The number of nitrogens with zero attached hydrogens (tertiary/aromatic N) is 3. The molecule has 3 aromatic rings. The first-order chi connectivity index (χ1) is 12.6. The van der Waals surface area contributed by atoms with E-state index in [0.29, 0.717) is 5.69 Å². The van der Waals surface area contributed by atoms with Crippen molar-refractivity contribution in [3.05, 3.63) is 71.4 Å². The molecule has 4 heteroatoms. The zero-order chi connectivity index (χ0) is 18.1. The second kappa shape index (κ2) is 6.79. The summed E-state index contributed by atoms with van der Waals surface area (Å²) in [7, 11) is 0. The van der Waals surface area contributed by atoms with E-state index in [9.17, 15) is 4.79 Å². The number of benzene rings is 2. The smallest absolute Gasteiger partial charge is 0.272 e. The standard InChI is InChI=1S/C22H23N3O/c1-16-7-10-21(17(2)15-16)24-11-13-25(14-12-24)22(26)20-9-8-18-5-3-4-6-19(18)23-20/h3-10,15H,11-14H2,1-2H3. The van der Waals surface area contributed by atoms with E-state index in [2.05, 4.69) is 41.9 Å². The predicted octanol–water partition coefficient (Wildman–Crippen LogP) is 3.81. The number of para-hydroxylation sites is 1. The summed E-state index contributed by atoms with van der Waals surface area (Å²) in [4.78, 5) is 21.7. The van der Waals surface area contributed by atoms with Gasteiger partial charge in [0, 0.05) is 37.3 Å². The van der Waals surface area contributed by atoms with Crippen LogP contribution in [0.4, 0.5) is 5.69 Å². The Hall–Kier alpha value is -2.88. The highest BCUT2D eigenvalue weighted by atomic mass is 16.2. The average molecular weight is 345 g/mol. The Labute approximate surface area is 154 Å². The average Bonchev–Trinajstić information content (AvgIpc) is 2.67. The van der Waals surface area contributed by atoms with Gasteiger partial charge in [-0.2, -0.15) is 0 Å². The molecule has 4 nitrogen and oxygen atoms in total. The first-order valence-electron chi connectivity index (χ1n) is 9.09. The molecule has 0 radical (unpaired) electrons. The van der Waals surface area contributed by atoms with Gasteiger partial charge in [0.25, 0.3) is 5.91 Å². The van der Waals surface area contributed by atoms with Gasteiger partial charge in [0.15, 0.2) is 0 Å². The van der Waals surface area contributed by atoms with Crippen LogP contribution in [0, 0.1) is 13.8 Å². The molecular formula is C22H23N3O. The maximum Gasteiger partial charge on any atom is 0.272 e. The third-order valence-electron chi connectivity index (χ3n) is 5.08. The monoisotopic (exact) mass is 345 g/mol. The molecule has 132 valence electrons. The molecule has 2 heterocycles. The first kappa shape index (κ1) is 16.6. The Kier molecular flexibility index (Phi) is 4.33. The normalized spacial score (nSPS) is 14.7. The molecule has 2 aromatic carbocycles. The van der Waals surface area contributed by atoms with Gasteiger partial charge < -0.3 is 9.80 Å². The molecule has 0 aliphatic carbocycles. The summed E-state index contributed by atoms with van der Waals surface area (Å²) in [6.45, 7) is 7.41. The van der Waals surface area contributed by atoms with Gasteiger partial charge in [0.05, 0.1) is 5.52 Å². The van der Waals surface area contributed by atoms with E-state index >= 15 is 0 Å². The highest BCUT2D eigenvalue weighted by molar-refractivity contribution is 5.95. The van der Waals surface area contributed by atoms with Crippen molar-refractivity contribution in [3.8, 4) is 0 Å². The zero-order valence-electron chi connectivity index (χ0n) is 15.3. The lowest BCUT2D eigenvalue weighted by molar-refractivity contribution is 0.0741. The number of amides is 1. The minimum absolute atomic E-state index is 0.0241. The molecule has 0 N–H and O–H groups in total. The molecule has 26 heavy (non-hydrogen) atoms. The largest absolute Gasteiger partial charge is 0.368 e. The third-order valence-corrected chi connectivity index (χ3v) is 5.08. The van der Waals surface area contributed by atoms with Crippen LogP contribution in [0.2, 0.25) is 0 Å². The molecule has 1 aromatic heterocycles. The summed E-state index contributed by atoms with van der Waals surface area (Å²) >= 11 is 0. The fourth-order valence-corrected chi connectivity index (χ4v) is 3.66. The highest BCUT2D eigenvalue weighted by Crippen LogP contribution is 2.23. The van der Waals surface area contributed by atoms with E-state index in [1.54, 1.807) is 0 Å². The van der Waals surface area contributed by atoms with Gasteiger partial charge in [-0.05, 0) is 37.6 Å². The molecular weight excluding hydrogens is 322 g/mol. The van der Waals surface area contributed by atoms with Crippen molar-refractivity contribution in [1.29, 1.82) is 0 Å². The van der Waals surface area contributed by atoms with E-state index in [-0.39, 0.29) is 5.91 Å². The second-order valence-corrected chi connectivity index (χ2v) is 6.96. The molecule has 0 atom stereocenters. The van der Waals surface area contributed by atoms with E-state index in [4.69, 9.17) is 0 Å². The molecule has 0 saturated carbocycles. The number of hydrogen-bond acceptors (Lipinski definition) is 3. The zero-order valence-corrected chi connectivity index (χ0v) is 15.3. The number of aromatic nitrogens is 1. The van der Waals surface area contributed by atoms with Crippen LogP contribution in [0.1, 0.15) is 21.6 Å². The second-order valence-electron chi connectivity index (χ2n) is 6.96. The number of carbonyl (C=O) groups excluding carboxylic acids is 1. The van der Waals surface area contributed by atoms with Crippen molar-refractivity contribution in [2.75, 3.05) is 31.1 Å². The maximum absolute atomic E-state index is 12.8. The van der Waals surface area contributed by atoms with E-state index in [0.717, 1.165) is 37.1 Å². The summed E-state index contributed by atoms with van der Waals surface area (Å²) in [5.41, 5.74) is 5.24. The van der Waals surface area contributed by atoms with Crippen molar-refractivity contribution in [1.82, 2.24) is 9.88 Å². The SMILES string of the molecule is Cc1ccc(N2CCN(C(=O)c3ccc4ccccc4n3)CC2)c(C)c1. The van der Waals surface area contributed by atoms with Crippen molar-refractivity contribution >= 4 is 22.5 Å². The third kappa shape index (κ3) is 3.15.